The van der Waals surface area contributed by atoms with Crippen LogP contribution in [0.5, 0.6) is 0 Å². The molecule has 0 bridgehead atoms. The van der Waals surface area contributed by atoms with Gasteiger partial charge in [0.1, 0.15) is 14.0 Å². The molecule has 0 atom stereocenters. The van der Waals surface area contributed by atoms with E-state index in [4.69, 9.17) is 0 Å². The van der Waals surface area contributed by atoms with Crippen LogP contribution < -0.4 is 0 Å². The zero-order chi connectivity index (χ0) is 11.2. The standard InChI is InChI=1S/C6H19NSi2.C3H6O/c1-7(8(2)3)9(4,5)6;1-3(2)4/h8H,1-6H3;1-2H3. The van der Waals surface area contributed by atoms with E-state index in [1.807, 2.05) is 0 Å². The molecule has 0 aromatic heterocycles. The molecular weight excluding hydrogens is 194 g/mol. The molecule has 0 aliphatic heterocycles. The minimum atomic E-state index is -0.929. The highest BCUT2D eigenvalue weighted by Gasteiger charge is 2.21. The summed E-state index contributed by atoms with van der Waals surface area (Å²) in [5, 5.41) is 0. The van der Waals surface area contributed by atoms with Gasteiger partial charge in [-0.25, -0.2) is 0 Å². The topological polar surface area (TPSA) is 20.3 Å². The second-order valence-corrected chi connectivity index (χ2v) is 13.3. The summed E-state index contributed by atoms with van der Waals surface area (Å²) in [5.74, 6) is 0.167. The highest BCUT2D eigenvalue weighted by molar-refractivity contribution is 6.82. The average molecular weight is 219 g/mol. The highest BCUT2D eigenvalue weighted by Crippen LogP contribution is 2.07. The van der Waals surface area contributed by atoms with Crippen molar-refractivity contribution in [1.82, 2.24) is 4.23 Å². The molecular formula is C9H25NOSi2. The van der Waals surface area contributed by atoms with Crippen molar-refractivity contribution in [3.8, 4) is 0 Å². The highest BCUT2D eigenvalue weighted by atomic mass is 28.4. The molecule has 0 aromatic rings. The summed E-state index contributed by atoms with van der Waals surface area (Å²) in [6.45, 7) is 15.0. The van der Waals surface area contributed by atoms with Crippen molar-refractivity contribution in [3.05, 3.63) is 0 Å². The lowest BCUT2D eigenvalue weighted by atomic mass is 10.6. The van der Waals surface area contributed by atoms with Crippen LogP contribution in [0.2, 0.25) is 32.7 Å². The molecule has 0 radical (unpaired) electrons. The lowest BCUT2D eigenvalue weighted by Crippen LogP contribution is -2.49. The third-order valence-electron chi connectivity index (χ3n) is 1.83. The van der Waals surface area contributed by atoms with Crippen molar-refractivity contribution in [2.75, 3.05) is 7.05 Å². The lowest BCUT2D eigenvalue weighted by Gasteiger charge is -2.33. The van der Waals surface area contributed by atoms with Gasteiger partial charge in [0.2, 0.25) is 0 Å². The number of hydrogen-bond acceptors (Lipinski definition) is 2. The van der Waals surface area contributed by atoms with Gasteiger partial charge in [-0.1, -0.05) is 32.7 Å². The number of nitrogens with zero attached hydrogens (tertiary/aromatic N) is 1. The van der Waals surface area contributed by atoms with Gasteiger partial charge in [-0.2, -0.15) is 0 Å². The Morgan fingerprint density at radius 2 is 1.38 bits per heavy atom. The number of ketones is 1. The first-order valence-corrected chi connectivity index (χ1v) is 11.1. The number of carbonyl (C=O) groups excluding carboxylic acids is 1. The minimum Gasteiger partial charge on any atom is -0.351 e. The molecule has 0 spiro atoms. The zero-order valence-electron chi connectivity index (χ0n) is 10.4. The third-order valence-corrected chi connectivity index (χ3v) is 9.37. The van der Waals surface area contributed by atoms with Crippen LogP contribution >= 0.6 is 0 Å². The van der Waals surface area contributed by atoms with E-state index >= 15 is 0 Å². The van der Waals surface area contributed by atoms with Crippen LogP contribution in [0.25, 0.3) is 0 Å². The maximum atomic E-state index is 9.44. The summed E-state index contributed by atoms with van der Waals surface area (Å²) < 4.78 is 2.63. The number of carbonyl (C=O) groups is 1. The first-order chi connectivity index (χ1) is 5.59. The SMILES string of the molecule is CC(C)=O.CN([SiH](C)C)[Si](C)(C)C. The third kappa shape index (κ3) is 12.1. The van der Waals surface area contributed by atoms with Crippen LogP contribution in [0.3, 0.4) is 0 Å². The molecule has 0 aromatic carbocycles. The van der Waals surface area contributed by atoms with Gasteiger partial charge >= 0.3 is 0 Å². The molecule has 2 nitrogen and oxygen atoms in total. The average Bonchev–Trinajstić information content (AvgIpc) is 1.82. The van der Waals surface area contributed by atoms with Gasteiger partial charge in [0.25, 0.3) is 0 Å². The minimum absolute atomic E-state index is 0.167. The van der Waals surface area contributed by atoms with E-state index in [2.05, 4.69) is 44.0 Å². The Bertz CT molecular complexity index is 148. The van der Waals surface area contributed by atoms with Crippen LogP contribution in [0.1, 0.15) is 13.8 Å². The molecule has 0 N–H and O–H groups in total. The Labute approximate surface area is 86.1 Å². The molecule has 0 rings (SSSR count). The molecule has 0 aliphatic carbocycles. The van der Waals surface area contributed by atoms with Crippen LogP contribution in [0, 0.1) is 0 Å². The van der Waals surface area contributed by atoms with Crippen molar-refractivity contribution >= 4 is 23.0 Å². The van der Waals surface area contributed by atoms with Crippen molar-refractivity contribution in [2.45, 2.75) is 46.6 Å². The van der Waals surface area contributed by atoms with Crippen molar-refractivity contribution in [1.29, 1.82) is 0 Å². The predicted octanol–water partition coefficient (Wildman–Crippen LogP) is 2.33. The van der Waals surface area contributed by atoms with Gasteiger partial charge in [-0.3, -0.25) is 0 Å². The van der Waals surface area contributed by atoms with Crippen molar-refractivity contribution in [2.24, 2.45) is 0 Å². The molecule has 0 aliphatic rings. The molecule has 13 heavy (non-hydrogen) atoms. The molecule has 80 valence electrons. The van der Waals surface area contributed by atoms with E-state index < -0.39 is 17.2 Å². The summed E-state index contributed by atoms with van der Waals surface area (Å²) in [7, 11) is 0.858. The molecule has 0 amide bonds. The Hall–Kier alpha value is 0.0638. The van der Waals surface area contributed by atoms with E-state index in [9.17, 15) is 4.79 Å². The van der Waals surface area contributed by atoms with Crippen molar-refractivity contribution < 1.29 is 4.79 Å². The summed E-state index contributed by atoms with van der Waals surface area (Å²) >= 11 is 0. The Morgan fingerprint density at radius 3 is 1.38 bits per heavy atom. The molecule has 0 unspecified atom stereocenters. The molecule has 0 saturated carbocycles. The summed E-state index contributed by atoms with van der Waals surface area (Å²) in [5.41, 5.74) is 0. The van der Waals surface area contributed by atoms with Crippen LogP contribution in [0.4, 0.5) is 0 Å². The molecule has 0 saturated heterocycles. The predicted molar refractivity (Wildman–Crippen MR) is 66.3 cm³/mol. The van der Waals surface area contributed by atoms with Crippen LogP contribution in [-0.4, -0.2) is 34.3 Å². The first kappa shape index (κ1) is 15.5. The quantitative estimate of drug-likeness (QED) is 0.665. The van der Waals surface area contributed by atoms with Gasteiger partial charge in [0.15, 0.2) is 0 Å². The smallest absolute Gasteiger partial charge is 0.126 e. The Morgan fingerprint density at radius 1 is 1.15 bits per heavy atom. The first-order valence-electron chi connectivity index (χ1n) is 4.79. The fourth-order valence-corrected chi connectivity index (χ4v) is 6.97. The fourth-order valence-electron chi connectivity index (χ4n) is 0.775. The van der Waals surface area contributed by atoms with E-state index in [-0.39, 0.29) is 5.78 Å². The van der Waals surface area contributed by atoms with E-state index in [0.717, 1.165) is 0 Å². The second kappa shape index (κ2) is 6.51. The number of rotatable bonds is 2. The second-order valence-electron chi connectivity index (χ2n) is 4.78. The largest absolute Gasteiger partial charge is 0.351 e. The molecule has 4 heteroatoms. The van der Waals surface area contributed by atoms with E-state index in [1.54, 1.807) is 0 Å². The van der Waals surface area contributed by atoms with Gasteiger partial charge < -0.3 is 9.03 Å². The van der Waals surface area contributed by atoms with Gasteiger partial charge in [0.05, 0.1) is 8.96 Å². The molecule has 0 fully saturated rings. The lowest BCUT2D eigenvalue weighted by molar-refractivity contribution is -0.114. The maximum absolute atomic E-state index is 9.44. The van der Waals surface area contributed by atoms with Gasteiger partial charge in [-0.05, 0) is 20.9 Å². The van der Waals surface area contributed by atoms with Crippen molar-refractivity contribution in [3.63, 3.8) is 0 Å². The normalized spacial score (nSPS) is 11.2. The maximum Gasteiger partial charge on any atom is 0.126 e. The van der Waals surface area contributed by atoms with Gasteiger partial charge in [0, 0.05) is 0 Å². The number of hydrogen-bond donors (Lipinski definition) is 0. The summed E-state index contributed by atoms with van der Waals surface area (Å²) in [6.07, 6.45) is 0. The molecule has 0 heterocycles. The van der Waals surface area contributed by atoms with Crippen LogP contribution in [0.15, 0.2) is 0 Å². The van der Waals surface area contributed by atoms with Gasteiger partial charge in [-0.15, -0.1) is 0 Å². The Balaban J connectivity index is 0. The summed E-state index contributed by atoms with van der Waals surface area (Å²) in [4.78, 5) is 9.44. The Kier molecular flexibility index (Phi) is 7.78. The van der Waals surface area contributed by atoms with E-state index in [1.165, 1.54) is 13.8 Å². The van der Waals surface area contributed by atoms with Crippen LogP contribution in [-0.2, 0) is 4.79 Å². The fraction of sp³-hybridized carbons (Fsp3) is 0.889. The monoisotopic (exact) mass is 219 g/mol. The number of Topliss-reactive ketones (excluding diaryl/α,β-unsaturated/α-hetero) is 1. The van der Waals surface area contributed by atoms with E-state index in [0.29, 0.717) is 0 Å². The summed E-state index contributed by atoms with van der Waals surface area (Å²) in [6, 6.07) is 0. The zero-order valence-corrected chi connectivity index (χ0v) is 12.6.